The van der Waals surface area contributed by atoms with E-state index in [1.807, 2.05) is 0 Å². The van der Waals surface area contributed by atoms with Gasteiger partial charge in [-0.15, -0.1) is 0 Å². The molecule has 0 fully saturated rings. The largest absolute Gasteiger partial charge is 0.481 e. The van der Waals surface area contributed by atoms with Crippen LogP contribution in [-0.2, 0) is 4.79 Å². The van der Waals surface area contributed by atoms with Gasteiger partial charge in [0.25, 0.3) is 0 Å². The molecule has 0 radical (unpaired) electrons. The summed E-state index contributed by atoms with van der Waals surface area (Å²) in [5, 5.41) is 17.5. The Morgan fingerprint density at radius 3 is 1.10 bits per heavy atom. The second-order valence-corrected chi connectivity index (χ2v) is 9.29. The van der Waals surface area contributed by atoms with Crippen LogP contribution in [0.2, 0.25) is 0 Å². The van der Waals surface area contributed by atoms with Gasteiger partial charge in [0, 0.05) is 13.0 Å². The van der Waals surface area contributed by atoms with E-state index < -0.39 is 5.97 Å². The van der Waals surface area contributed by atoms with Crippen LogP contribution in [-0.4, -0.2) is 22.8 Å². The van der Waals surface area contributed by atoms with Gasteiger partial charge in [0.05, 0.1) is 0 Å². The van der Waals surface area contributed by atoms with E-state index in [4.69, 9.17) is 10.2 Å². The lowest BCUT2D eigenvalue weighted by atomic mass is 9.99. The molecule has 2 N–H and O–H groups in total. The van der Waals surface area contributed by atoms with Crippen molar-refractivity contribution in [3.05, 3.63) is 0 Å². The second kappa shape index (κ2) is 23.7. The van der Waals surface area contributed by atoms with E-state index in [9.17, 15) is 4.79 Å². The van der Waals surface area contributed by atoms with E-state index in [2.05, 4.69) is 6.92 Å². The van der Waals surface area contributed by atoms with E-state index in [1.165, 1.54) is 122 Å². The van der Waals surface area contributed by atoms with Gasteiger partial charge < -0.3 is 10.2 Å². The predicted molar refractivity (Wildman–Crippen MR) is 125 cm³/mol. The van der Waals surface area contributed by atoms with Crippen LogP contribution in [0.3, 0.4) is 0 Å². The summed E-state index contributed by atoms with van der Waals surface area (Å²) >= 11 is 0. The Hall–Kier alpha value is -0.570. The summed E-state index contributed by atoms with van der Waals surface area (Å²) in [4.78, 5) is 10.6. The molecule has 0 spiro atoms. The van der Waals surface area contributed by atoms with Crippen molar-refractivity contribution in [2.75, 3.05) is 6.61 Å². The van der Waals surface area contributed by atoms with E-state index in [0.29, 0.717) is 18.9 Å². The van der Waals surface area contributed by atoms with E-state index >= 15 is 0 Å². The fourth-order valence-electron chi connectivity index (χ4n) is 4.19. The molecule has 174 valence electrons. The van der Waals surface area contributed by atoms with Gasteiger partial charge >= 0.3 is 5.97 Å². The molecular weight excluding hydrogens is 360 g/mol. The Bertz CT molecular complexity index is 330. The van der Waals surface area contributed by atoms with Crippen molar-refractivity contribution in [3.8, 4) is 0 Å². The molecule has 0 aliphatic carbocycles. The second-order valence-electron chi connectivity index (χ2n) is 9.29. The highest BCUT2D eigenvalue weighted by molar-refractivity contribution is 5.66. The van der Waals surface area contributed by atoms with Gasteiger partial charge in [-0.05, 0) is 12.3 Å². The number of aliphatic carboxylic acids is 1. The molecule has 0 aliphatic rings. The topological polar surface area (TPSA) is 57.5 Å². The zero-order chi connectivity index (χ0) is 21.4. The Morgan fingerprint density at radius 2 is 0.828 bits per heavy atom. The zero-order valence-corrected chi connectivity index (χ0v) is 19.6. The zero-order valence-electron chi connectivity index (χ0n) is 19.6. The minimum atomic E-state index is -0.658. The summed E-state index contributed by atoms with van der Waals surface area (Å²) in [6, 6.07) is 0. The molecule has 0 aromatic heterocycles. The molecule has 3 heteroatoms. The highest BCUT2D eigenvalue weighted by atomic mass is 16.4. The molecule has 0 heterocycles. The monoisotopic (exact) mass is 412 g/mol. The third kappa shape index (κ3) is 25.4. The smallest absolute Gasteiger partial charge is 0.303 e. The van der Waals surface area contributed by atoms with Crippen LogP contribution in [0.5, 0.6) is 0 Å². The minimum absolute atomic E-state index is 0.326. The number of carboxylic acids is 1. The summed E-state index contributed by atoms with van der Waals surface area (Å²) in [7, 11) is 0. The number of carbonyl (C=O) groups is 1. The van der Waals surface area contributed by atoms with Gasteiger partial charge in [0.15, 0.2) is 0 Å². The summed E-state index contributed by atoms with van der Waals surface area (Å²) < 4.78 is 0. The third-order valence-electron chi connectivity index (χ3n) is 6.13. The summed E-state index contributed by atoms with van der Waals surface area (Å²) in [6.07, 6.45) is 28.3. The van der Waals surface area contributed by atoms with Gasteiger partial charge in [-0.3, -0.25) is 4.79 Å². The van der Waals surface area contributed by atoms with Crippen LogP contribution in [0.15, 0.2) is 0 Å². The van der Waals surface area contributed by atoms with Crippen molar-refractivity contribution < 1.29 is 15.0 Å². The van der Waals surface area contributed by atoms with Gasteiger partial charge in [0.1, 0.15) is 0 Å². The maximum Gasteiger partial charge on any atom is 0.303 e. The van der Waals surface area contributed by atoms with Crippen LogP contribution in [0, 0.1) is 5.92 Å². The van der Waals surface area contributed by atoms with Gasteiger partial charge in [-0.2, -0.15) is 0 Å². The number of aliphatic hydroxyl groups excluding tert-OH is 1. The molecule has 0 amide bonds. The highest BCUT2D eigenvalue weighted by Crippen LogP contribution is 2.16. The standard InChI is InChI=1S/C26H52O3/c1-25(24-26(28)29)22-20-18-16-14-12-10-8-6-4-2-3-5-7-9-11-13-15-17-19-21-23-27/h25,27H,2-24H2,1H3,(H,28,29). The van der Waals surface area contributed by atoms with Crippen molar-refractivity contribution in [2.45, 2.75) is 148 Å². The Balaban J connectivity index is 3.06. The quantitative estimate of drug-likeness (QED) is 0.157. The van der Waals surface area contributed by atoms with Crippen LogP contribution in [0.25, 0.3) is 0 Å². The number of hydrogen-bond acceptors (Lipinski definition) is 2. The van der Waals surface area contributed by atoms with Crippen molar-refractivity contribution in [1.29, 1.82) is 0 Å². The van der Waals surface area contributed by atoms with Gasteiger partial charge in [-0.25, -0.2) is 0 Å². The molecule has 0 saturated carbocycles. The SMILES string of the molecule is CC(CCCCCCCCCCCCCCCCCCCCCCO)CC(=O)O. The lowest BCUT2D eigenvalue weighted by molar-refractivity contribution is -0.138. The number of carboxylic acid groups (broad SMARTS) is 1. The maximum atomic E-state index is 10.6. The normalized spacial score (nSPS) is 12.3. The molecular formula is C26H52O3. The molecule has 0 aromatic carbocycles. The first-order valence-corrected chi connectivity index (χ1v) is 13.0. The highest BCUT2D eigenvalue weighted by Gasteiger charge is 2.06. The minimum Gasteiger partial charge on any atom is -0.481 e. The van der Waals surface area contributed by atoms with E-state index in [0.717, 1.165) is 12.8 Å². The molecule has 0 bridgehead atoms. The van der Waals surface area contributed by atoms with Gasteiger partial charge in [-0.1, -0.05) is 135 Å². The van der Waals surface area contributed by atoms with Crippen LogP contribution >= 0.6 is 0 Å². The molecule has 0 aliphatic heterocycles. The number of aliphatic hydroxyl groups is 1. The summed E-state index contributed by atoms with van der Waals surface area (Å²) in [5.74, 6) is -0.324. The number of rotatable bonds is 24. The van der Waals surface area contributed by atoms with Crippen LogP contribution in [0.1, 0.15) is 148 Å². The molecule has 0 rings (SSSR count). The fourth-order valence-corrected chi connectivity index (χ4v) is 4.19. The summed E-state index contributed by atoms with van der Waals surface area (Å²) in [5.41, 5.74) is 0. The molecule has 29 heavy (non-hydrogen) atoms. The average molecular weight is 413 g/mol. The average Bonchev–Trinajstić information content (AvgIpc) is 2.68. The molecule has 0 aromatic rings. The number of hydrogen-bond donors (Lipinski definition) is 2. The van der Waals surface area contributed by atoms with E-state index in [-0.39, 0.29) is 0 Å². The fraction of sp³-hybridized carbons (Fsp3) is 0.962. The van der Waals surface area contributed by atoms with Crippen molar-refractivity contribution in [1.82, 2.24) is 0 Å². The first-order valence-electron chi connectivity index (χ1n) is 13.0. The molecule has 1 atom stereocenters. The summed E-state index contributed by atoms with van der Waals surface area (Å²) in [6.45, 7) is 2.41. The molecule has 3 nitrogen and oxygen atoms in total. The van der Waals surface area contributed by atoms with Crippen molar-refractivity contribution in [3.63, 3.8) is 0 Å². The van der Waals surface area contributed by atoms with Crippen LogP contribution in [0.4, 0.5) is 0 Å². The lowest BCUT2D eigenvalue weighted by Crippen LogP contribution is -2.03. The Labute approximate surface area is 182 Å². The Kier molecular flexibility index (Phi) is 23.2. The Morgan fingerprint density at radius 1 is 0.552 bits per heavy atom. The number of unbranched alkanes of at least 4 members (excludes halogenated alkanes) is 19. The predicted octanol–water partition coefficient (Wildman–Crippen LogP) is 8.28. The van der Waals surface area contributed by atoms with Crippen molar-refractivity contribution in [2.24, 2.45) is 5.92 Å². The third-order valence-corrected chi connectivity index (χ3v) is 6.13. The molecule has 1 unspecified atom stereocenters. The lowest BCUT2D eigenvalue weighted by Gasteiger charge is -2.08. The van der Waals surface area contributed by atoms with Crippen molar-refractivity contribution >= 4 is 5.97 Å². The molecule has 0 saturated heterocycles. The first kappa shape index (κ1) is 28.4. The first-order chi connectivity index (χ1) is 14.2. The maximum absolute atomic E-state index is 10.6. The van der Waals surface area contributed by atoms with Gasteiger partial charge in [0.2, 0.25) is 0 Å². The van der Waals surface area contributed by atoms with E-state index in [1.54, 1.807) is 0 Å². The van der Waals surface area contributed by atoms with Crippen LogP contribution < -0.4 is 0 Å².